The molecule has 0 aliphatic heterocycles. The summed E-state index contributed by atoms with van der Waals surface area (Å²) in [6, 6.07) is 5.27. The Bertz CT molecular complexity index is 439. The second-order valence-electron chi connectivity index (χ2n) is 4.91. The molecule has 0 radical (unpaired) electrons. The maximum Gasteiger partial charge on any atom is 0.377 e. The zero-order chi connectivity index (χ0) is 12.5. The summed E-state index contributed by atoms with van der Waals surface area (Å²) in [5.74, 6) is -2.26. The Labute approximate surface area is 95.1 Å². The smallest absolute Gasteiger partial charge is 0.377 e. The molecule has 0 bridgehead atoms. The highest BCUT2D eigenvalue weighted by molar-refractivity contribution is 6.40. The lowest BCUT2D eigenvalue weighted by Crippen LogP contribution is -2.16. The zero-order valence-corrected chi connectivity index (χ0v) is 10.00. The number of carboxylic acid groups (broad SMARTS) is 1. The van der Waals surface area contributed by atoms with Gasteiger partial charge in [0.2, 0.25) is 0 Å². The third-order valence-corrected chi connectivity index (χ3v) is 2.53. The highest BCUT2D eigenvalue weighted by atomic mass is 16.4. The van der Waals surface area contributed by atoms with Crippen LogP contribution in [0.25, 0.3) is 0 Å². The van der Waals surface area contributed by atoms with Crippen LogP contribution in [0.1, 0.15) is 42.3 Å². The Hall–Kier alpha value is -1.64. The van der Waals surface area contributed by atoms with Crippen LogP contribution in [0, 0.1) is 6.92 Å². The number of ketones is 1. The second kappa shape index (κ2) is 4.08. The van der Waals surface area contributed by atoms with Crippen LogP contribution in [-0.2, 0) is 10.2 Å². The molecule has 3 heteroatoms. The number of carbonyl (C=O) groups is 2. The first kappa shape index (κ1) is 12.4. The van der Waals surface area contributed by atoms with Crippen molar-refractivity contribution in [2.45, 2.75) is 33.1 Å². The van der Waals surface area contributed by atoms with E-state index < -0.39 is 11.8 Å². The first-order valence-electron chi connectivity index (χ1n) is 5.12. The van der Waals surface area contributed by atoms with E-state index in [2.05, 4.69) is 20.8 Å². The number of aryl methyl sites for hydroxylation is 1. The molecule has 0 aromatic heterocycles. The highest BCUT2D eigenvalue weighted by Gasteiger charge is 2.19. The molecular formula is C13H16O3. The van der Waals surface area contributed by atoms with E-state index >= 15 is 0 Å². The fourth-order valence-corrected chi connectivity index (χ4v) is 1.50. The lowest BCUT2D eigenvalue weighted by atomic mass is 9.85. The second-order valence-corrected chi connectivity index (χ2v) is 4.91. The summed E-state index contributed by atoms with van der Waals surface area (Å²) in [7, 11) is 0. The number of hydrogen-bond acceptors (Lipinski definition) is 2. The zero-order valence-electron chi connectivity index (χ0n) is 10.00. The summed E-state index contributed by atoms with van der Waals surface area (Å²) >= 11 is 0. The average Bonchev–Trinajstić information content (AvgIpc) is 2.15. The summed E-state index contributed by atoms with van der Waals surface area (Å²) in [5.41, 5.74) is 2.06. The molecular weight excluding hydrogens is 204 g/mol. The molecule has 0 aliphatic carbocycles. The van der Waals surface area contributed by atoms with Gasteiger partial charge < -0.3 is 5.11 Å². The number of carbonyl (C=O) groups excluding carboxylic acids is 1. The number of carboxylic acids is 1. The SMILES string of the molecule is Cc1cc(C(C)(C)C)ccc1C(=O)C(=O)O. The van der Waals surface area contributed by atoms with Crippen molar-refractivity contribution in [3.63, 3.8) is 0 Å². The van der Waals surface area contributed by atoms with E-state index in [1.807, 2.05) is 12.1 Å². The number of Topliss-reactive ketones (excluding diaryl/α,β-unsaturated/α-hetero) is 1. The van der Waals surface area contributed by atoms with E-state index in [0.717, 1.165) is 5.56 Å². The summed E-state index contributed by atoms with van der Waals surface area (Å²) in [5, 5.41) is 8.64. The van der Waals surface area contributed by atoms with Crippen molar-refractivity contribution in [1.82, 2.24) is 0 Å². The van der Waals surface area contributed by atoms with Crippen LogP contribution in [0.2, 0.25) is 0 Å². The Morgan fingerprint density at radius 2 is 1.75 bits per heavy atom. The first-order valence-corrected chi connectivity index (χ1v) is 5.12. The van der Waals surface area contributed by atoms with Gasteiger partial charge in [0.15, 0.2) is 0 Å². The highest BCUT2D eigenvalue weighted by Crippen LogP contribution is 2.24. The molecule has 16 heavy (non-hydrogen) atoms. The van der Waals surface area contributed by atoms with E-state index in [0.29, 0.717) is 5.56 Å². The van der Waals surface area contributed by atoms with Gasteiger partial charge in [-0.25, -0.2) is 4.79 Å². The average molecular weight is 220 g/mol. The largest absolute Gasteiger partial charge is 0.475 e. The number of rotatable bonds is 2. The topological polar surface area (TPSA) is 54.4 Å². The fourth-order valence-electron chi connectivity index (χ4n) is 1.50. The van der Waals surface area contributed by atoms with Crippen LogP contribution in [0.5, 0.6) is 0 Å². The minimum Gasteiger partial charge on any atom is -0.475 e. The molecule has 1 rings (SSSR count). The van der Waals surface area contributed by atoms with Crippen LogP contribution >= 0.6 is 0 Å². The number of aliphatic carboxylic acids is 1. The van der Waals surface area contributed by atoms with Crippen molar-refractivity contribution >= 4 is 11.8 Å². The number of hydrogen-bond donors (Lipinski definition) is 1. The van der Waals surface area contributed by atoms with E-state index in [1.165, 1.54) is 0 Å². The van der Waals surface area contributed by atoms with Gasteiger partial charge in [-0.2, -0.15) is 0 Å². The van der Waals surface area contributed by atoms with E-state index in [-0.39, 0.29) is 11.0 Å². The molecule has 0 spiro atoms. The Morgan fingerprint density at radius 1 is 1.19 bits per heavy atom. The van der Waals surface area contributed by atoms with Crippen LogP contribution in [0.4, 0.5) is 0 Å². The molecule has 1 aromatic carbocycles. The van der Waals surface area contributed by atoms with Gasteiger partial charge in [0, 0.05) is 5.56 Å². The minimum atomic E-state index is -1.41. The summed E-state index contributed by atoms with van der Waals surface area (Å²) in [4.78, 5) is 21.9. The van der Waals surface area contributed by atoms with Gasteiger partial charge in [-0.15, -0.1) is 0 Å². The maximum absolute atomic E-state index is 11.3. The molecule has 0 saturated heterocycles. The van der Waals surface area contributed by atoms with Crippen molar-refractivity contribution in [2.24, 2.45) is 0 Å². The van der Waals surface area contributed by atoms with Crippen LogP contribution in [0.3, 0.4) is 0 Å². The van der Waals surface area contributed by atoms with Crippen LogP contribution < -0.4 is 0 Å². The van der Waals surface area contributed by atoms with Crippen molar-refractivity contribution in [1.29, 1.82) is 0 Å². The Kier molecular flexibility index (Phi) is 3.17. The molecule has 0 amide bonds. The third kappa shape index (κ3) is 2.48. The van der Waals surface area contributed by atoms with Crippen molar-refractivity contribution < 1.29 is 14.7 Å². The van der Waals surface area contributed by atoms with Crippen LogP contribution in [-0.4, -0.2) is 16.9 Å². The van der Waals surface area contributed by atoms with Crippen molar-refractivity contribution in [2.75, 3.05) is 0 Å². The molecule has 1 aromatic rings. The van der Waals surface area contributed by atoms with Gasteiger partial charge in [0.1, 0.15) is 0 Å². The maximum atomic E-state index is 11.3. The lowest BCUT2D eigenvalue weighted by Gasteiger charge is -2.20. The van der Waals surface area contributed by atoms with E-state index in [4.69, 9.17) is 5.11 Å². The fraction of sp³-hybridized carbons (Fsp3) is 0.385. The van der Waals surface area contributed by atoms with Gasteiger partial charge in [0.05, 0.1) is 0 Å². The van der Waals surface area contributed by atoms with Crippen molar-refractivity contribution in [3.05, 3.63) is 34.9 Å². The molecule has 3 nitrogen and oxygen atoms in total. The standard InChI is InChI=1S/C13H16O3/c1-8-7-9(13(2,3)4)5-6-10(8)11(14)12(15)16/h5-7H,1-4H3,(H,15,16). The van der Waals surface area contributed by atoms with Gasteiger partial charge in [-0.3, -0.25) is 4.79 Å². The molecule has 86 valence electrons. The van der Waals surface area contributed by atoms with Gasteiger partial charge in [-0.05, 0) is 23.5 Å². The van der Waals surface area contributed by atoms with Crippen molar-refractivity contribution in [3.8, 4) is 0 Å². The Balaban J connectivity index is 3.20. The summed E-state index contributed by atoms with van der Waals surface area (Å²) in [6.45, 7) is 7.97. The van der Waals surface area contributed by atoms with Crippen LogP contribution in [0.15, 0.2) is 18.2 Å². The number of benzene rings is 1. The monoisotopic (exact) mass is 220 g/mol. The molecule has 0 heterocycles. The first-order chi connectivity index (χ1) is 7.23. The summed E-state index contributed by atoms with van der Waals surface area (Å²) in [6.07, 6.45) is 0. The summed E-state index contributed by atoms with van der Waals surface area (Å²) < 4.78 is 0. The minimum absolute atomic E-state index is 0.00440. The molecule has 0 atom stereocenters. The molecule has 0 unspecified atom stereocenters. The predicted octanol–water partition coefficient (Wildman–Crippen LogP) is 2.56. The quantitative estimate of drug-likeness (QED) is 0.615. The van der Waals surface area contributed by atoms with Gasteiger partial charge >= 0.3 is 5.97 Å². The Morgan fingerprint density at radius 3 is 2.12 bits per heavy atom. The van der Waals surface area contributed by atoms with E-state index in [9.17, 15) is 9.59 Å². The lowest BCUT2D eigenvalue weighted by molar-refractivity contribution is -0.131. The molecule has 0 aliphatic rings. The van der Waals surface area contributed by atoms with Gasteiger partial charge in [-0.1, -0.05) is 39.0 Å². The molecule has 1 N–H and O–H groups in total. The van der Waals surface area contributed by atoms with Gasteiger partial charge in [0.25, 0.3) is 5.78 Å². The predicted molar refractivity (Wildman–Crippen MR) is 61.8 cm³/mol. The molecule has 0 fully saturated rings. The molecule has 0 saturated carbocycles. The third-order valence-electron chi connectivity index (χ3n) is 2.53. The normalized spacial score (nSPS) is 11.2. The van der Waals surface area contributed by atoms with E-state index in [1.54, 1.807) is 13.0 Å².